The van der Waals surface area contributed by atoms with Gasteiger partial charge in [0.15, 0.2) is 0 Å². The van der Waals surface area contributed by atoms with E-state index >= 15 is 4.39 Å². The van der Waals surface area contributed by atoms with Crippen molar-refractivity contribution in [2.75, 3.05) is 18.9 Å². The molecule has 0 amide bonds. The van der Waals surface area contributed by atoms with Crippen molar-refractivity contribution < 1.29 is 4.39 Å². The minimum absolute atomic E-state index is 0.174. The van der Waals surface area contributed by atoms with Gasteiger partial charge < -0.3 is 15.2 Å². The number of nitrogens with zero attached hydrogens (tertiary/aromatic N) is 4. The highest BCUT2D eigenvalue weighted by molar-refractivity contribution is 7.78. The summed E-state index contributed by atoms with van der Waals surface area (Å²) >= 11 is 10.7. The minimum Gasteiger partial charge on any atom is -0.351 e. The topological polar surface area (TPSA) is 79.7 Å². The van der Waals surface area contributed by atoms with E-state index in [2.05, 4.69) is 45.1 Å². The highest BCUT2D eigenvalue weighted by atomic mass is 35.5. The number of anilines is 1. The van der Waals surface area contributed by atoms with Gasteiger partial charge in [-0.25, -0.2) is 19.3 Å². The summed E-state index contributed by atoms with van der Waals surface area (Å²) in [5.41, 5.74) is 1.51. The molecule has 0 bridgehead atoms. The number of rotatable bonds is 12. The number of aromatic nitrogens is 4. The molecule has 0 aliphatic carbocycles. The highest BCUT2D eigenvalue weighted by Crippen LogP contribution is 2.33. The standard InChI is InChI=1S/C24H33ClFN7S/c1-5-7-17(10-11-30-34)31-23-28-13-18(24(2,3)26)22(32-23)19-14-33(15-29-19)20-9-6-8-16(12-27-4)21(20)25/h6,8-9,13-15,17,27,30,34H,5,7,10-12H2,1-4H3,(H,28,31,32). The quantitative estimate of drug-likeness (QED) is 0.250. The largest absolute Gasteiger partial charge is 0.351 e. The van der Waals surface area contributed by atoms with Gasteiger partial charge >= 0.3 is 0 Å². The summed E-state index contributed by atoms with van der Waals surface area (Å²) in [4.78, 5) is 13.6. The monoisotopic (exact) mass is 505 g/mol. The van der Waals surface area contributed by atoms with Crippen LogP contribution in [0.2, 0.25) is 5.02 Å². The predicted molar refractivity (Wildman–Crippen MR) is 140 cm³/mol. The summed E-state index contributed by atoms with van der Waals surface area (Å²) < 4.78 is 19.8. The first-order chi connectivity index (χ1) is 16.3. The fourth-order valence-electron chi connectivity index (χ4n) is 3.81. The van der Waals surface area contributed by atoms with Gasteiger partial charge in [0.05, 0.1) is 10.7 Å². The van der Waals surface area contributed by atoms with E-state index in [1.54, 1.807) is 12.5 Å². The second-order valence-electron chi connectivity index (χ2n) is 8.70. The van der Waals surface area contributed by atoms with Crippen LogP contribution in [0, 0.1) is 0 Å². The van der Waals surface area contributed by atoms with Gasteiger partial charge in [-0.3, -0.25) is 4.72 Å². The van der Waals surface area contributed by atoms with Crippen molar-refractivity contribution in [1.82, 2.24) is 29.6 Å². The van der Waals surface area contributed by atoms with Crippen molar-refractivity contribution in [3.63, 3.8) is 0 Å². The summed E-state index contributed by atoms with van der Waals surface area (Å²) in [7, 11) is 1.87. The third kappa shape index (κ3) is 6.47. The second-order valence-corrected chi connectivity index (χ2v) is 9.40. The highest BCUT2D eigenvalue weighted by Gasteiger charge is 2.27. The molecule has 0 fully saturated rings. The molecule has 34 heavy (non-hydrogen) atoms. The van der Waals surface area contributed by atoms with Crippen LogP contribution in [-0.2, 0) is 12.2 Å². The zero-order valence-corrected chi connectivity index (χ0v) is 21.7. The maximum Gasteiger partial charge on any atom is 0.223 e. The van der Waals surface area contributed by atoms with Crippen LogP contribution in [0.3, 0.4) is 0 Å². The lowest BCUT2D eigenvalue weighted by Gasteiger charge is -2.21. The van der Waals surface area contributed by atoms with Crippen LogP contribution in [0.4, 0.5) is 10.3 Å². The van der Waals surface area contributed by atoms with E-state index in [-0.39, 0.29) is 6.04 Å². The van der Waals surface area contributed by atoms with Gasteiger partial charge in [0.2, 0.25) is 5.95 Å². The molecule has 0 aliphatic heterocycles. The lowest BCUT2D eigenvalue weighted by molar-refractivity contribution is 0.221. The summed E-state index contributed by atoms with van der Waals surface area (Å²) in [5.74, 6) is 0.448. The number of thiol groups is 1. The molecule has 3 N–H and O–H groups in total. The van der Waals surface area contributed by atoms with E-state index in [1.807, 2.05) is 36.0 Å². The zero-order valence-electron chi connectivity index (χ0n) is 20.1. The van der Waals surface area contributed by atoms with Crippen LogP contribution >= 0.6 is 24.4 Å². The Labute approximate surface area is 211 Å². The fourth-order valence-corrected chi connectivity index (χ4v) is 4.23. The lowest BCUT2D eigenvalue weighted by atomic mass is 9.99. The number of hydrogen-bond acceptors (Lipinski definition) is 7. The summed E-state index contributed by atoms with van der Waals surface area (Å²) in [6.07, 6.45) is 7.87. The molecule has 3 rings (SSSR count). The van der Waals surface area contributed by atoms with Gasteiger partial charge in [-0.15, -0.1) is 0 Å². The molecule has 184 valence electrons. The van der Waals surface area contributed by atoms with E-state index in [9.17, 15) is 0 Å². The summed E-state index contributed by atoms with van der Waals surface area (Å²) in [6.45, 7) is 6.52. The van der Waals surface area contributed by atoms with Crippen LogP contribution in [0.5, 0.6) is 0 Å². The Balaban J connectivity index is 1.99. The Hall–Kier alpha value is -2.20. The van der Waals surface area contributed by atoms with Crippen LogP contribution < -0.4 is 15.4 Å². The maximum absolute atomic E-state index is 15.1. The first kappa shape index (κ1) is 26.4. The average molecular weight is 506 g/mol. The van der Waals surface area contributed by atoms with Crippen LogP contribution in [0.15, 0.2) is 36.9 Å². The predicted octanol–water partition coefficient (Wildman–Crippen LogP) is 5.31. The van der Waals surface area contributed by atoms with Crippen LogP contribution in [0.25, 0.3) is 17.1 Å². The molecule has 0 spiro atoms. The van der Waals surface area contributed by atoms with Crippen LogP contribution in [0.1, 0.15) is 51.2 Å². The molecule has 1 atom stereocenters. The molecule has 0 aliphatic rings. The molecule has 0 radical (unpaired) electrons. The van der Waals surface area contributed by atoms with Gasteiger partial charge in [0.1, 0.15) is 23.4 Å². The van der Waals surface area contributed by atoms with Gasteiger partial charge in [0.25, 0.3) is 0 Å². The molecule has 10 heteroatoms. The molecule has 2 aromatic heterocycles. The smallest absolute Gasteiger partial charge is 0.223 e. The number of halogens is 2. The molecule has 7 nitrogen and oxygen atoms in total. The molecule has 3 aromatic rings. The number of nitrogens with one attached hydrogen (secondary N) is 3. The first-order valence-electron chi connectivity index (χ1n) is 11.4. The third-order valence-corrected chi connectivity index (χ3v) is 6.19. The van der Waals surface area contributed by atoms with Crippen molar-refractivity contribution in [3.05, 3.63) is 53.1 Å². The summed E-state index contributed by atoms with van der Waals surface area (Å²) in [6, 6.07) is 6.02. The van der Waals surface area contributed by atoms with E-state index in [1.165, 1.54) is 13.8 Å². The number of benzene rings is 1. The molecule has 0 saturated heterocycles. The SMILES string of the molecule is CCCC(CCNS)Nc1ncc(C(C)(C)F)c(-c2cn(-c3cccc(CNC)c3Cl)cn2)n1. The van der Waals surface area contributed by atoms with Crippen molar-refractivity contribution in [3.8, 4) is 17.1 Å². The van der Waals surface area contributed by atoms with Crippen molar-refractivity contribution in [2.24, 2.45) is 0 Å². The first-order valence-corrected chi connectivity index (χ1v) is 12.3. The fraction of sp³-hybridized carbons (Fsp3) is 0.458. The molecular formula is C24H33ClFN7S. The Morgan fingerprint density at radius 1 is 1.24 bits per heavy atom. The van der Waals surface area contributed by atoms with Crippen molar-refractivity contribution >= 4 is 30.4 Å². The van der Waals surface area contributed by atoms with Gasteiger partial charge in [0, 0.05) is 37.1 Å². The molecule has 0 saturated carbocycles. The molecule has 1 aromatic carbocycles. The van der Waals surface area contributed by atoms with E-state index in [4.69, 9.17) is 16.6 Å². The Bertz CT molecular complexity index is 1080. The molecule has 1 unspecified atom stereocenters. The molecular weight excluding hydrogens is 473 g/mol. The average Bonchev–Trinajstić information content (AvgIpc) is 3.28. The molecule has 2 heterocycles. The van der Waals surface area contributed by atoms with Gasteiger partial charge in [-0.1, -0.05) is 49.9 Å². The van der Waals surface area contributed by atoms with Crippen molar-refractivity contribution in [1.29, 1.82) is 0 Å². The van der Waals surface area contributed by atoms with Gasteiger partial charge in [-0.2, -0.15) is 0 Å². The summed E-state index contributed by atoms with van der Waals surface area (Å²) in [5, 5.41) is 7.15. The van der Waals surface area contributed by atoms with Crippen LogP contribution in [-0.4, -0.2) is 39.2 Å². The van der Waals surface area contributed by atoms with E-state index in [0.717, 1.165) is 37.1 Å². The number of imidazole rings is 1. The van der Waals surface area contributed by atoms with Crippen molar-refractivity contribution in [2.45, 2.75) is 58.3 Å². The Morgan fingerprint density at radius 2 is 2.03 bits per heavy atom. The zero-order chi connectivity index (χ0) is 24.7. The van der Waals surface area contributed by atoms with Gasteiger partial charge in [-0.05, 0) is 45.4 Å². The second kappa shape index (κ2) is 12.0. The Kier molecular flexibility index (Phi) is 9.30. The normalized spacial score (nSPS) is 12.7. The minimum atomic E-state index is -1.64. The number of hydrogen-bond donors (Lipinski definition) is 4. The van der Waals surface area contributed by atoms with E-state index in [0.29, 0.717) is 34.5 Å². The van der Waals surface area contributed by atoms with E-state index < -0.39 is 5.67 Å². The lowest BCUT2D eigenvalue weighted by Crippen LogP contribution is -2.25. The number of alkyl halides is 1. The Morgan fingerprint density at radius 3 is 2.71 bits per heavy atom. The maximum atomic E-state index is 15.1. The third-order valence-electron chi connectivity index (χ3n) is 5.53.